The van der Waals surface area contributed by atoms with Crippen molar-refractivity contribution in [1.29, 1.82) is 0 Å². The first kappa shape index (κ1) is 26.1. The number of anilines is 2. The summed E-state index contributed by atoms with van der Waals surface area (Å²) in [6.45, 7) is 2.36. The van der Waals surface area contributed by atoms with Gasteiger partial charge >= 0.3 is 0 Å². The molecule has 3 aromatic rings. The van der Waals surface area contributed by atoms with Crippen LogP contribution in [0.1, 0.15) is 35.2 Å². The molecule has 0 aliphatic carbocycles. The van der Waals surface area contributed by atoms with Gasteiger partial charge in [0, 0.05) is 29.4 Å². The number of amides is 1. The molecule has 1 heterocycles. The Bertz CT molecular complexity index is 1230. The van der Waals surface area contributed by atoms with Gasteiger partial charge in [-0.05, 0) is 85.6 Å². The van der Waals surface area contributed by atoms with Gasteiger partial charge in [-0.15, -0.1) is 0 Å². The van der Waals surface area contributed by atoms with E-state index < -0.39 is 0 Å². The molecule has 1 aliphatic rings. The molecule has 36 heavy (non-hydrogen) atoms. The minimum absolute atomic E-state index is 0.170. The van der Waals surface area contributed by atoms with Gasteiger partial charge in [-0.3, -0.25) is 10.1 Å². The van der Waals surface area contributed by atoms with Crippen molar-refractivity contribution in [3.05, 3.63) is 81.8 Å². The van der Waals surface area contributed by atoms with Gasteiger partial charge < -0.3 is 19.7 Å². The van der Waals surface area contributed by atoms with Crippen molar-refractivity contribution >= 4 is 57.8 Å². The van der Waals surface area contributed by atoms with Crippen molar-refractivity contribution in [2.45, 2.75) is 25.9 Å². The van der Waals surface area contributed by atoms with E-state index in [1.54, 1.807) is 30.3 Å². The van der Waals surface area contributed by atoms with Crippen LogP contribution in [-0.4, -0.2) is 31.2 Å². The molecule has 0 unspecified atom stereocenters. The number of halogens is 2. The zero-order valence-electron chi connectivity index (χ0n) is 19.9. The molecule has 1 saturated heterocycles. The van der Waals surface area contributed by atoms with E-state index in [0.717, 1.165) is 24.3 Å². The van der Waals surface area contributed by atoms with Gasteiger partial charge in [0.25, 0.3) is 5.91 Å². The third-order valence-corrected chi connectivity index (χ3v) is 6.62. The van der Waals surface area contributed by atoms with E-state index in [2.05, 4.69) is 15.5 Å². The van der Waals surface area contributed by atoms with Crippen molar-refractivity contribution in [2.75, 3.05) is 30.4 Å². The molecular weight excluding hydrogens is 517 g/mol. The lowest BCUT2D eigenvalue weighted by Crippen LogP contribution is -2.34. The van der Waals surface area contributed by atoms with Crippen LogP contribution in [0, 0.1) is 0 Å². The number of ether oxygens (including phenoxy) is 2. The number of hydrogen-bond acceptors (Lipinski definition) is 5. The predicted octanol–water partition coefficient (Wildman–Crippen LogP) is 6.70. The van der Waals surface area contributed by atoms with E-state index >= 15 is 0 Å². The Balaban J connectivity index is 1.35. The van der Waals surface area contributed by atoms with Crippen LogP contribution < -0.4 is 25.0 Å². The molecule has 0 bridgehead atoms. The Morgan fingerprint density at radius 3 is 2.42 bits per heavy atom. The molecular formula is C27H27Cl2N3O3S. The molecule has 188 valence electrons. The second kappa shape index (κ2) is 12.3. The minimum Gasteiger partial charge on any atom is -0.493 e. The second-order valence-electron chi connectivity index (χ2n) is 8.40. The van der Waals surface area contributed by atoms with Crippen LogP contribution >= 0.6 is 35.4 Å². The monoisotopic (exact) mass is 543 g/mol. The third-order valence-electron chi connectivity index (χ3n) is 5.86. The molecule has 1 amide bonds. The zero-order valence-corrected chi connectivity index (χ0v) is 22.2. The fourth-order valence-electron chi connectivity index (χ4n) is 3.98. The first-order valence-electron chi connectivity index (χ1n) is 11.6. The standard InChI is InChI=1S/C27H27Cl2N3O3S/c1-34-25-15-19(7-12-24(25)35-17-18-5-8-20(28)9-6-18)26(33)31-27(36)30-21-10-11-23(22(29)16-21)32-13-3-2-4-14-32/h5-12,15-16H,2-4,13-14,17H2,1H3,(H2,30,31,33,36). The summed E-state index contributed by atoms with van der Waals surface area (Å²) >= 11 is 17.8. The first-order valence-corrected chi connectivity index (χ1v) is 12.8. The number of nitrogens with one attached hydrogen (secondary N) is 2. The van der Waals surface area contributed by atoms with Crippen LogP contribution in [0.3, 0.4) is 0 Å². The molecule has 9 heteroatoms. The van der Waals surface area contributed by atoms with E-state index in [1.165, 1.54) is 26.4 Å². The normalized spacial score (nSPS) is 13.1. The molecule has 3 aromatic carbocycles. The lowest BCUT2D eigenvalue weighted by Gasteiger charge is -2.29. The maximum atomic E-state index is 12.8. The van der Waals surface area contributed by atoms with Crippen molar-refractivity contribution < 1.29 is 14.3 Å². The lowest BCUT2D eigenvalue weighted by atomic mass is 10.1. The Hall–Kier alpha value is -3.00. The van der Waals surface area contributed by atoms with Gasteiger partial charge in [0.2, 0.25) is 0 Å². The summed E-state index contributed by atoms with van der Waals surface area (Å²) in [6.07, 6.45) is 3.60. The van der Waals surface area contributed by atoms with Gasteiger partial charge in [0.05, 0.1) is 17.8 Å². The summed E-state index contributed by atoms with van der Waals surface area (Å²) in [5.41, 5.74) is 3.06. The van der Waals surface area contributed by atoms with Crippen molar-refractivity contribution in [3.63, 3.8) is 0 Å². The number of benzene rings is 3. The average Bonchev–Trinajstić information content (AvgIpc) is 2.88. The molecule has 1 fully saturated rings. The zero-order chi connectivity index (χ0) is 25.5. The summed E-state index contributed by atoms with van der Waals surface area (Å²) in [4.78, 5) is 15.1. The molecule has 2 N–H and O–H groups in total. The Morgan fingerprint density at radius 2 is 1.72 bits per heavy atom. The second-order valence-corrected chi connectivity index (χ2v) is 9.65. The van der Waals surface area contributed by atoms with E-state index in [4.69, 9.17) is 44.9 Å². The highest BCUT2D eigenvalue weighted by atomic mass is 35.5. The van der Waals surface area contributed by atoms with Crippen LogP contribution in [-0.2, 0) is 6.61 Å². The number of hydrogen-bond donors (Lipinski definition) is 2. The Morgan fingerprint density at radius 1 is 0.972 bits per heavy atom. The quantitative estimate of drug-likeness (QED) is 0.323. The number of rotatable bonds is 7. The van der Waals surface area contributed by atoms with E-state index in [1.807, 2.05) is 30.3 Å². The van der Waals surface area contributed by atoms with Gasteiger partial charge in [-0.1, -0.05) is 35.3 Å². The molecule has 6 nitrogen and oxygen atoms in total. The molecule has 0 saturated carbocycles. The lowest BCUT2D eigenvalue weighted by molar-refractivity contribution is 0.0977. The summed E-state index contributed by atoms with van der Waals surface area (Å²) < 4.78 is 11.3. The largest absolute Gasteiger partial charge is 0.493 e. The third kappa shape index (κ3) is 6.81. The van der Waals surface area contributed by atoms with E-state index in [0.29, 0.717) is 39.4 Å². The van der Waals surface area contributed by atoms with Gasteiger partial charge in [-0.2, -0.15) is 0 Å². The number of nitrogens with zero attached hydrogens (tertiary/aromatic N) is 1. The van der Waals surface area contributed by atoms with Crippen LogP contribution in [0.25, 0.3) is 0 Å². The average molecular weight is 545 g/mol. The summed E-state index contributed by atoms with van der Waals surface area (Å²) in [5.74, 6) is 0.592. The van der Waals surface area contributed by atoms with Gasteiger partial charge in [0.15, 0.2) is 16.6 Å². The highest BCUT2D eigenvalue weighted by Gasteiger charge is 2.16. The smallest absolute Gasteiger partial charge is 0.257 e. The first-order chi connectivity index (χ1) is 17.4. The maximum absolute atomic E-state index is 12.8. The summed E-state index contributed by atoms with van der Waals surface area (Å²) in [7, 11) is 1.52. The van der Waals surface area contributed by atoms with Crippen molar-refractivity contribution in [1.82, 2.24) is 5.32 Å². The number of piperidine rings is 1. The van der Waals surface area contributed by atoms with Crippen LogP contribution in [0.5, 0.6) is 11.5 Å². The van der Waals surface area contributed by atoms with Crippen molar-refractivity contribution in [3.8, 4) is 11.5 Å². The molecule has 1 aliphatic heterocycles. The molecule has 0 radical (unpaired) electrons. The van der Waals surface area contributed by atoms with Crippen molar-refractivity contribution in [2.24, 2.45) is 0 Å². The predicted molar refractivity (Wildman–Crippen MR) is 150 cm³/mol. The molecule has 0 aromatic heterocycles. The fraction of sp³-hybridized carbons (Fsp3) is 0.259. The Labute approximate surface area is 226 Å². The summed E-state index contributed by atoms with van der Waals surface area (Å²) in [5, 5.41) is 7.20. The molecule has 0 atom stereocenters. The van der Waals surface area contributed by atoms with Gasteiger partial charge in [-0.25, -0.2) is 0 Å². The number of carbonyl (C=O) groups excluding carboxylic acids is 1. The summed E-state index contributed by atoms with van der Waals surface area (Å²) in [6, 6.07) is 18.0. The molecule has 4 rings (SSSR count). The van der Waals surface area contributed by atoms with Crippen LogP contribution in [0.15, 0.2) is 60.7 Å². The van der Waals surface area contributed by atoms with Crippen LogP contribution in [0.4, 0.5) is 11.4 Å². The highest BCUT2D eigenvalue weighted by molar-refractivity contribution is 7.80. The minimum atomic E-state index is -0.369. The fourth-order valence-corrected chi connectivity index (χ4v) is 4.62. The van der Waals surface area contributed by atoms with Crippen LogP contribution in [0.2, 0.25) is 10.0 Å². The van der Waals surface area contributed by atoms with E-state index in [9.17, 15) is 4.79 Å². The highest BCUT2D eigenvalue weighted by Crippen LogP contribution is 2.31. The Kier molecular flexibility index (Phi) is 8.91. The van der Waals surface area contributed by atoms with Gasteiger partial charge in [0.1, 0.15) is 6.61 Å². The number of carbonyl (C=O) groups is 1. The number of methoxy groups -OCH3 is 1. The van der Waals surface area contributed by atoms with E-state index in [-0.39, 0.29) is 11.0 Å². The number of thiocarbonyl (C=S) groups is 1. The SMILES string of the molecule is COc1cc(C(=O)NC(=S)Nc2ccc(N3CCCCC3)c(Cl)c2)ccc1OCc1ccc(Cl)cc1. The topological polar surface area (TPSA) is 62.8 Å². The maximum Gasteiger partial charge on any atom is 0.257 e. The molecule has 0 spiro atoms.